The second-order valence-electron chi connectivity index (χ2n) is 5.64. The van der Waals surface area contributed by atoms with Crippen molar-refractivity contribution in [1.29, 1.82) is 0 Å². The van der Waals surface area contributed by atoms with E-state index in [9.17, 15) is 19.7 Å². The zero-order chi connectivity index (χ0) is 17.3. The summed E-state index contributed by atoms with van der Waals surface area (Å²) in [6, 6.07) is 2.08. The number of hydrogen-bond donors (Lipinski definition) is 0. The number of benzene rings is 1. The first-order valence-electron chi connectivity index (χ1n) is 7.07. The number of nitrogens with zero attached hydrogens (tertiary/aromatic N) is 2. The lowest BCUT2D eigenvalue weighted by atomic mass is 10.0. The minimum absolute atomic E-state index is 0.0262. The SMILES string of the molecule is C=C1C[C@@H](C(=O)OC)N(C(=O)c2cc(C)c(C)cc2[N+](=O)[O-])C1. The highest BCUT2D eigenvalue weighted by Gasteiger charge is 2.39. The summed E-state index contributed by atoms with van der Waals surface area (Å²) in [6.07, 6.45) is 0.303. The first-order chi connectivity index (χ1) is 10.8. The standard InChI is InChI=1S/C16H18N2O5/c1-9-5-14(16(20)23-4)17(8-9)15(19)12-6-10(2)11(3)7-13(12)18(21)22/h6-7,14H,1,5,8H2,2-4H3/t14-/m0/s1. The van der Waals surface area contributed by atoms with Crippen LogP contribution < -0.4 is 0 Å². The van der Waals surface area contributed by atoms with E-state index in [-0.39, 0.29) is 17.8 Å². The molecule has 0 radical (unpaired) electrons. The molecule has 0 aromatic heterocycles. The fourth-order valence-corrected chi connectivity index (χ4v) is 2.64. The van der Waals surface area contributed by atoms with E-state index in [4.69, 9.17) is 4.74 Å². The Morgan fingerprint density at radius 1 is 1.35 bits per heavy atom. The van der Waals surface area contributed by atoms with Crippen molar-refractivity contribution < 1.29 is 19.2 Å². The summed E-state index contributed by atoms with van der Waals surface area (Å²) < 4.78 is 4.71. The third-order valence-corrected chi connectivity index (χ3v) is 4.03. The highest BCUT2D eigenvalue weighted by atomic mass is 16.6. The van der Waals surface area contributed by atoms with Gasteiger partial charge >= 0.3 is 5.97 Å². The number of carbonyl (C=O) groups is 2. The van der Waals surface area contributed by atoms with Crippen molar-refractivity contribution in [1.82, 2.24) is 4.90 Å². The van der Waals surface area contributed by atoms with Gasteiger partial charge in [0.15, 0.2) is 0 Å². The number of esters is 1. The molecular weight excluding hydrogens is 300 g/mol. The molecule has 122 valence electrons. The minimum Gasteiger partial charge on any atom is -0.467 e. The molecule has 0 bridgehead atoms. The predicted octanol–water partition coefficient (Wildman–Crippen LogP) is 2.16. The molecule has 0 unspecified atom stereocenters. The van der Waals surface area contributed by atoms with Gasteiger partial charge < -0.3 is 9.64 Å². The van der Waals surface area contributed by atoms with E-state index in [1.807, 2.05) is 0 Å². The maximum Gasteiger partial charge on any atom is 0.328 e. The van der Waals surface area contributed by atoms with Gasteiger partial charge in [-0.15, -0.1) is 0 Å². The normalized spacial score (nSPS) is 17.3. The molecule has 1 atom stereocenters. The summed E-state index contributed by atoms with van der Waals surface area (Å²) >= 11 is 0. The summed E-state index contributed by atoms with van der Waals surface area (Å²) in [4.78, 5) is 36.6. The Morgan fingerprint density at radius 3 is 2.52 bits per heavy atom. The van der Waals surface area contributed by atoms with Gasteiger partial charge in [-0.3, -0.25) is 14.9 Å². The predicted molar refractivity (Wildman–Crippen MR) is 83.2 cm³/mol. The second-order valence-corrected chi connectivity index (χ2v) is 5.64. The summed E-state index contributed by atoms with van der Waals surface area (Å²) in [5, 5.41) is 11.3. The fourth-order valence-electron chi connectivity index (χ4n) is 2.64. The van der Waals surface area contributed by atoms with Crippen LogP contribution in [0.5, 0.6) is 0 Å². The molecule has 7 heteroatoms. The Bertz CT molecular complexity index is 711. The molecule has 1 aromatic rings. The molecule has 1 aromatic carbocycles. The van der Waals surface area contributed by atoms with Crippen LogP contribution in [0.25, 0.3) is 0 Å². The zero-order valence-corrected chi connectivity index (χ0v) is 13.3. The van der Waals surface area contributed by atoms with E-state index >= 15 is 0 Å². The number of aryl methyl sites for hydroxylation is 2. The van der Waals surface area contributed by atoms with Gasteiger partial charge in [0.1, 0.15) is 11.6 Å². The summed E-state index contributed by atoms with van der Waals surface area (Å²) in [5.41, 5.74) is 1.91. The molecule has 0 N–H and O–H groups in total. The molecule has 0 aliphatic carbocycles. The average molecular weight is 318 g/mol. The zero-order valence-electron chi connectivity index (χ0n) is 13.3. The molecule has 1 amide bonds. The Kier molecular flexibility index (Phi) is 4.49. The maximum atomic E-state index is 12.8. The van der Waals surface area contributed by atoms with E-state index in [0.717, 1.165) is 11.1 Å². The van der Waals surface area contributed by atoms with Gasteiger partial charge in [-0.2, -0.15) is 0 Å². The number of carbonyl (C=O) groups excluding carboxylic acids is 2. The monoisotopic (exact) mass is 318 g/mol. The number of amides is 1. The Morgan fingerprint density at radius 2 is 1.96 bits per heavy atom. The van der Waals surface area contributed by atoms with E-state index in [1.54, 1.807) is 13.8 Å². The number of rotatable bonds is 3. The van der Waals surface area contributed by atoms with Crippen LogP contribution in [0.3, 0.4) is 0 Å². The summed E-state index contributed by atoms with van der Waals surface area (Å²) in [7, 11) is 1.24. The van der Waals surface area contributed by atoms with Crippen LogP contribution >= 0.6 is 0 Å². The molecule has 0 spiro atoms. The molecule has 1 saturated heterocycles. The van der Waals surface area contributed by atoms with Crippen molar-refractivity contribution in [3.63, 3.8) is 0 Å². The number of methoxy groups -OCH3 is 1. The number of nitro groups is 1. The largest absolute Gasteiger partial charge is 0.467 e. The highest BCUT2D eigenvalue weighted by Crippen LogP contribution is 2.29. The smallest absolute Gasteiger partial charge is 0.328 e. The first kappa shape index (κ1) is 16.7. The number of hydrogen-bond acceptors (Lipinski definition) is 5. The van der Waals surface area contributed by atoms with E-state index in [1.165, 1.54) is 24.1 Å². The molecular formula is C16H18N2O5. The van der Waals surface area contributed by atoms with Crippen LogP contribution in [0.2, 0.25) is 0 Å². The molecule has 7 nitrogen and oxygen atoms in total. The van der Waals surface area contributed by atoms with Crippen molar-refractivity contribution in [2.24, 2.45) is 0 Å². The van der Waals surface area contributed by atoms with E-state index in [0.29, 0.717) is 12.0 Å². The quantitative estimate of drug-likeness (QED) is 0.369. The minimum atomic E-state index is -0.791. The Labute approximate surface area is 133 Å². The Balaban J connectivity index is 2.47. The van der Waals surface area contributed by atoms with Gasteiger partial charge in [0.05, 0.1) is 12.0 Å². The molecule has 0 saturated carbocycles. The van der Waals surface area contributed by atoms with Gasteiger partial charge in [-0.1, -0.05) is 12.2 Å². The first-order valence-corrected chi connectivity index (χ1v) is 7.07. The van der Waals surface area contributed by atoms with E-state index in [2.05, 4.69) is 6.58 Å². The Hall–Kier alpha value is -2.70. The second kappa shape index (κ2) is 6.20. The highest BCUT2D eigenvalue weighted by molar-refractivity contribution is 6.01. The van der Waals surface area contributed by atoms with Gasteiger partial charge in [-0.25, -0.2) is 4.79 Å². The molecule has 23 heavy (non-hydrogen) atoms. The number of likely N-dealkylation sites (tertiary alicyclic amines) is 1. The number of ether oxygens (including phenoxy) is 1. The van der Waals surface area contributed by atoms with Gasteiger partial charge in [0.2, 0.25) is 0 Å². The van der Waals surface area contributed by atoms with Crippen LogP contribution in [-0.2, 0) is 9.53 Å². The van der Waals surface area contributed by atoms with Crippen LogP contribution in [0.4, 0.5) is 5.69 Å². The molecule has 1 heterocycles. The van der Waals surface area contributed by atoms with Crippen LogP contribution in [0, 0.1) is 24.0 Å². The molecule has 2 rings (SSSR count). The lowest BCUT2D eigenvalue weighted by molar-refractivity contribution is -0.385. The fraction of sp³-hybridized carbons (Fsp3) is 0.375. The topological polar surface area (TPSA) is 89.8 Å². The van der Waals surface area contributed by atoms with Gasteiger partial charge in [-0.05, 0) is 31.0 Å². The van der Waals surface area contributed by atoms with Crippen molar-refractivity contribution in [2.75, 3.05) is 13.7 Å². The van der Waals surface area contributed by atoms with Gasteiger partial charge in [0, 0.05) is 19.0 Å². The average Bonchev–Trinajstić information content (AvgIpc) is 2.89. The van der Waals surface area contributed by atoms with Gasteiger partial charge in [0.25, 0.3) is 11.6 Å². The van der Waals surface area contributed by atoms with Crippen molar-refractivity contribution in [2.45, 2.75) is 26.3 Å². The lowest BCUT2D eigenvalue weighted by Gasteiger charge is -2.22. The summed E-state index contributed by atoms with van der Waals surface area (Å²) in [6.45, 7) is 7.50. The van der Waals surface area contributed by atoms with Crippen molar-refractivity contribution in [3.8, 4) is 0 Å². The number of nitro benzene ring substituents is 1. The maximum absolute atomic E-state index is 12.8. The third kappa shape index (κ3) is 3.08. The molecule has 1 aliphatic rings. The van der Waals surface area contributed by atoms with Crippen molar-refractivity contribution >= 4 is 17.6 Å². The van der Waals surface area contributed by atoms with E-state index < -0.39 is 22.8 Å². The third-order valence-electron chi connectivity index (χ3n) is 4.03. The van der Waals surface area contributed by atoms with Crippen LogP contribution in [0.1, 0.15) is 27.9 Å². The van der Waals surface area contributed by atoms with Crippen molar-refractivity contribution in [3.05, 3.63) is 51.1 Å². The molecule has 1 fully saturated rings. The van der Waals surface area contributed by atoms with Crippen LogP contribution in [0.15, 0.2) is 24.3 Å². The lowest BCUT2D eigenvalue weighted by Crippen LogP contribution is -2.41. The summed E-state index contributed by atoms with van der Waals surface area (Å²) in [5.74, 6) is -1.11. The molecule has 1 aliphatic heterocycles. The van der Waals surface area contributed by atoms with Crippen LogP contribution in [-0.4, -0.2) is 41.4 Å².